The van der Waals surface area contributed by atoms with E-state index in [1.807, 2.05) is 24.8 Å². The Labute approximate surface area is 130 Å². The fourth-order valence-electron chi connectivity index (χ4n) is 3.28. The third-order valence-corrected chi connectivity index (χ3v) is 4.61. The van der Waals surface area contributed by atoms with Gasteiger partial charge in [-0.1, -0.05) is 0 Å². The molecule has 1 aliphatic heterocycles. The second-order valence-electron chi connectivity index (χ2n) is 6.10. The van der Waals surface area contributed by atoms with E-state index in [1.54, 1.807) is 6.20 Å². The number of aromatic nitrogens is 4. The highest BCUT2D eigenvalue weighted by atomic mass is 16.2. The zero-order chi connectivity index (χ0) is 15.5. The predicted octanol–water partition coefficient (Wildman–Crippen LogP) is 2.09. The first-order chi connectivity index (χ1) is 10.6. The van der Waals surface area contributed by atoms with Gasteiger partial charge in [-0.25, -0.2) is 0 Å². The molecule has 0 aromatic carbocycles. The van der Waals surface area contributed by atoms with E-state index in [4.69, 9.17) is 0 Å². The van der Waals surface area contributed by atoms with E-state index < -0.39 is 0 Å². The Morgan fingerprint density at radius 2 is 2.27 bits per heavy atom. The van der Waals surface area contributed by atoms with Crippen LogP contribution in [0.2, 0.25) is 0 Å². The average molecular weight is 301 g/mol. The van der Waals surface area contributed by atoms with Crippen LogP contribution >= 0.6 is 0 Å². The largest absolute Gasteiger partial charge is 0.342 e. The number of carbonyl (C=O) groups is 1. The highest BCUT2D eigenvalue weighted by Gasteiger charge is 2.25. The van der Waals surface area contributed by atoms with Crippen molar-refractivity contribution in [3.8, 4) is 0 Å². The molecule has 1 saturated heterocycles. The minimum absolute atomic E-state index is 0.240. The smallest absolute Gasteiger partial charge is 0.222 e. The van der Waals surface area contributed by atoms with Gasteiger partial charge in [0, 0.05) is 43.0 Å². The van der Waals surface area contributed by atoms with Crippen molar-refractivity contribution in [1.29, 1.82) is 0 Å². The first-order valence-electron chi connectivity index (χ1n) is 7.92. The summed E-state index contributed by atoms with van der Waals surface area (Å²) < 4.78 is 0. The fraction of sp³-hybridized carbons (Fsp3) is 0.562. The van der Waals surface area contributed by atoms with Gasteiger partial charge in [-0.15, -0.1) is 0 Å². The van der Waals surface area contributed by atoms with Gasteiger partial charge in [-0.3, -0.25) is 15.0 Å². The second-order valence-corrected chi connectivity index (χ2v) is 6.10. The minimum Gasteiger partial charge on any atom is -0.342 e. The van der Waals surface area contributed by atoms with Crippen LogP contribution in [0.25, 0.3) is 0 Å². The van der Waals surface area contributed by atoms with Crippen LogP contribution in [-0.2, 0) is 11.2 Å². The number of carbonyl (C=O) groups excluding carboxylic acids is 1. The fourth-order valence-corrected chi connectivity index (χ4v) is 3.28. The van der Waals surface area contributed by atoms with Crippen LogP contribution in [0.1, 0.15) is 47.8 Å². The SMILES string of the molecule is Cc1n[nH]c(C)c1CCC(=O)N1CCC[C@@H](c2ccn[nH]2)C1. The zero-order valence-corrected chi connectivity index (χ0v) is 13.2. The maximum absolute atomic E-state index is 12.5. The molecule has 0 aliphatic carbocycles. The van der Waals surface area contributed by atoms with Crippen molar-refractivity contribution < 1.29 is 4.79 Å². The number of likely N-dealkylation sites (tertiary alicyclic amines) is 1. The van der Waals surface area contributed by atoms with E-state index in [0.717, 1.165) is 49.4 Å². The number of nitrogens with one attached hydrogen (secondary N) is 2. The van der Waals surface area contributed by atoms with Crippen molar-refractivity contribution in [3.63, 3.8) is 0 Å². The summed E-state index contributed by atoms with van der Waals surface area (Å²) in [6.07, 6.45) is 5.26. The molecule has 0 saturated carbocycles. The summed E-state index contributed by atoms with van der Waals surface area (Å²) in [4.78, 5) is 14.5. The number of H-pyrrole nitrogens is 2. The van der Waals surface area contributed by atoms with E-state index in [1.165, 1.54) is 5.56 Å². The van der Waals surface area contributed by atoms with Gasteiger partial charge in [-0.05, 0) is 44.7 Å². The maximum atomic E-state index is 12.5. The lowest BCUT2D eigenvalue weighted by molar-refractivity contribution is -0.132. The van der Waals surface area contributed by atoms with Crippen LogP contribution < -0.4 is 0 Å². The number of aromatic amines is 2. The molecule has 1 fully saturated rings. The Bertz CT molecular complexity index is 612. The molecule has 1 amide bonds. The first kappa shape index (κ1) is 14.8. The van der Waals surface area contributed by atoms with Crippen LogP contribution in [0, 0.1) is 13.8 Å². The molecule has 0 unspecified atom stereocenters. The van der Waals surface area contributed by atoms with Gasteiger partial charge >= 0.3 is 0 Å². The lowest BCUT2D eigenvalue weighted by Crippen LogP contribution is -2.39. The third-order valence-electron chi connectivity index (χ3n) is 4.61. The minimum atomic E-state index is 0.240. The molecule has 1 aliphatic rings. The average Bonchev–Trinajstić information content (AvgIpc) is 3.16. The Morgan fingerprint density at radius 3 is 2.95 bits per heavy atom. The van der Waals surface area contributed by atoms with Crippen LogP contribution in [-0.4, -0.2) is 44.3 Å². The summed E-state index contributed by atoms with van der Waals surface area (Å²) in [7, 11) is 0. The van der Waals surface area contributed by atoms with Gasteiger partial charge in [0.25, 0.3) is 0 Å². The molecule has 6 heteroatoms. The summed E-state index contributed by atoms with van der Waals surface area (Å²) in [6.45, 7) is 5.66. The Kier molecular flexibility index (Phi) is 4.27. The Hall–Kier alpha value is -2.11. The number of amides is 1. The van der Waals surface area contributed by atoms with E-state index >= 15 is 0 Å². The summed E-state index contributed by atoms with van der Waals surface area (Å²) in [6, 6.07) is 2.01. The van der Waals surface area contributed by atoms with E-state index in [0.29, 0.717) is 12.3 Å². The van der Waals surface area contributed by atoms with Crippen LogP contribution in [0.5, 0.6) is 0 Å². The molecular formula is C16H23N5O. The second kappa shape index (κ2) is 6.34. The molecule has 1 atom stereocenters. The molecule has 0 bridgehead atoms. The quantitative estimate of drug-likeness (QED) is 0.907. The van der Waals surface area contributed by atoms with Gasteiger partial charge < -0.3 is 4.90 Å². The summed E-state index contributed by atoms with van der Waals surface area (Å²) in [5.41, 5.74) is 4.38. The van der Waals surface area contributed by atoms with Crippen molar-refractivity contribution in [2.75, 3.05) is 13.1 Å². The number of piperidine rings is 1. The number of hydrogen-bond acceptors (Lipinski definition) is 3. The van der Waals surface area contributed by atoms with Crippen molar-refractivity contribution in [1.82, 2.24) is 25.3 Å². The molecule has 22 heavy (non-hydrogen) atoms. The number of rotatable bonds is 4. The van der Waals surface area contributed by atoms with Crippen LogP contribution in [0.3, 0.4) is 0 Å². The molecule has 0 spiro atoms. The number of aryl methyl sites for hydroxylation is 2. The highest BCUT2D eigenvalue weighted by Crippen LogP contribution is 2.25. The van der Waals surface area contributed by atoms with E-state index in [2.05, 4.69) is 20.4 Å². The summed E-state index contributed by atoms with van der Waals surface area (Å²) >= 11 is 0. The molecule has 0 radical (unpaired) electrons. The van der Waals surface area contributed by atoms with Gasteiger partial charge in [0.05, 0.1) is 5.69 Å². The molecule has 3 heterocycles. The van der Waals surface area contributed by atoms with Crippen molar-refractivity contribution in [3.05, 3.63) is 34.9 Å². The molecule has 2 aromatic heterocycles. The zero-order valence-electron chi connectivity index (χ0n) is 13.2. The van der Waals surface area contributed by atoms with E-state index in [9.17, 15) is 4.79 Å². The van der Waals surface area contributed by atoms with Crippen LogP contribution in [0.4, 0.5) is 0 Å². The molecule has 2 N–H and O–H groups in total. The van der Waals surface area contributed by atoms with Crippen molar-refractivity contribution in [2.24, 2.45) is 0 Å². The summed E-state index contributed by atoms with van der Waals surface area (Å²) in [5, 5.41) is 14.2. The maximum Gasteiger partial charge on any atom is 0.222 e. The van der Waals surface area contributed by atoms with Crippen LogP contribution in [0.15, 0.2) is 12.3 Å². The molecule has 3 rings (SSSR count). The normalized spacial score (nSPS) is 18.6. The topological polar surface area (TPSA) is 77.7 Å². The van der Waals surface area contributed by atoms with Gasteiger partial charge in [-0.2, -0.15) is 10.2 Å². The number of hydrogen-bond donors (Lipinski definition) is 2. The molecule has 6 nitrogen and oxygen atoms in total. The predicted molar refractivity (Wildman–Crippen MR) is 83.5 cm³/mol. The van der Waals surface area contributed by atoms with Gasteiger partial charge in [0.1, 0.15) is 0 Å². The first-order valence-corrected chi connectivity index (χ1v) is 7.92. The van der Waals surface area contributed by atoms with Gasteiger partial charge in [0.2, 0.25) is 5.91 Å². The lowest BCUT2D eigenvalue weighted by atomic mass is 9.94. The lowest BCUT2D eigenvalue weighted by Gasteiger charge is -2.32. The third kappa shape index (κ3) is 3.05. The standard InChI is InChI=1S/C16H23N5O/c1-11-14(12(2)19-18-11)5-6-16(22)21-9-3-4-13(10-21)15-7-8-17-20-15/h7-8,13H,3-6,9-10H2,1-2H3,(H,17,20)(H,18,19)/t13-/m1/s1. The Morgan fingerprint density at radius 1 is 1.41 bits per heavy atom. The molecular weight excluding hydrogens is 278 g/mol. The summed E-state index contributed by atoms with van der Waals surface area (Å²) in [5.74, 6) is 0.627. The van der Waals surface area contributed by atoms with Crippen molar-refractivity contribution >= 4 is 5.91 Å². The Balaban J connectivity index is 1.58. The van der Waals surface area contributed by atoms with Gasteiger partial charge in [0.15, 0.2) is 0 Å². The highest BCUT2D eigenvalue weighted by molar-refractivity contribution is 5.76. The molecule has 2 aromatic rings. The monoisotopic (exact) mass is 301 g/mol. The molecule has 118 valence electrons. The van der Waals surface area contributed by atoms with Crippen molar-refractivity contribution in [2.45, 2.75) is 45.4 Å². The number of nitrogens with zero attached hydrogens (tertiary/aromatic N) is 3. The van der Waals surface area contributed by atoms with E-state index in [-0.39, 0.29) is 5.91 Å².